The number of hydrogen-bond donors (Lipinski definition) is 0. The highest BCUT2D eigenvalue weighted by Crippen LogP contribution is 2.05. The second kappa shape index (κ2) is 2.37. The molecule has 56 valence electrons. The molecule has 0 heterocycles. The van der Waals surface area contributed by atoms with Gasteiger partial charge in [-0.3, -0.25) is 0 Å². The SMILES string of the molecule is O=S(=O)(F)OS(=O)(=O)Cl. The van der Waals surface area contributed by atoms with Crippen molar-refractivity contribution in [2.24, 2.45) is 0 Å². The molecule has 0 radical (unpaired) electrons. The van der Waals surface area contributed by atoms with Crippen LogP contribution < -0.4 is 0 Å². The summed E-state index contributed by atoms with van der Waals surface area (Å²) in [6.07, 6.45) is 0. The molecule has 0 saturated carbocycles. The van der Waals surface area contributed by atoms with Gasteiger partial charge in [-0.1, -0.05) is 3.89 Å². The van der Waals surface area contributed by atoms with E-state index in [-0.39, 0.29) is 0 Å². The van der Waals surface area contributed by atoms with Crippen molar-refractivity contribution in [3.8, 4) is 0 Å². The van der Waals surface area contributed by atoms with Crippen molar-refractivity contribution in [3.05, 3.63) is 0 Å². The van der Waals surface area contributed by atoms with Gasteiger partial charge in [-0.05, 0) is 0 Å². The van der Waals surface area contributed by atoms with E-state index in [1.807, 2.05) is 0 Å². The van der Waals surface area contributed by atoms with Crippen molar-refractivity contribution >= 4 is 30.5 Å². The topological polar surface area (TPSA) is 77.5 Å². The predicted molar refractivity (Wildman–Crippen MR) is 25.9 cm³/mol. The number of halogens is 2. The standard InChI is InChI=1S/ClFO5S2/c1-8(3,4)7-9(2,5)6. The zero-order valence-electron chi connectivity index (χ0n) is 3.61. The van der Waals surface area contributed by atoms with Crippen molar-refractivity contribution in [2.75, 3.05) is 0 Å². The second-order valence-electron chi connectivity index (χ2n) is 0.854. The van der Waals surface area contributed by atoms with Gasteiger partial charge in [0.25, 0.3) is 0 Å². The Labute approximate surface area is 55.4 Å². The largest absolute Gasteiger partial charge is 0.453 e. The Kier molecular flexibility index (Phi) is 2.39. The lowest BCUT2D eigenvalue weighted by Gasteiger charge is -1.86. The zero-order chi connectivity index (χ0) is 7.71. The van der Waals surface area contributed by atoms with Gasteiger partial charge in [0.05, 0.1) is 10.7 Å². The lowest BCUT2D eigenvalue weighted by Crippen LogP contribution is -2.01. The van der Waals surface area contributed by atoms with E-state index in [0.717, 1.165) is 0 Å². The van der Waals surface area contributed by atoms with Gasteiger partial charge >= 0.3 is 19.8 Å². The quantitative estimate of drug-likeness (QED) is 0.570. The smallest absolute Gasteiger partial charge is 0.180 e. The monoisotopic (exact) mass is 198 g/mol. The fourth-order valence-corrected chi connectivity index (χ4v) is 1.43. The Morgan fingerprint density at radius 3 is 1.56 bits per heavy atom. The minimum absolute atomic E-state index is 2.67. The molecule has 0 atom stereocenters. The molecule has 0 rings (SSSR count). The Morgan fingerprint density at radius 1 is 1.22 bits per heavy atom. The maximum atomic E-state index is 11.2. The van der Waals surface area contributed by atoms with Crippen LogP contribution in [-0.2, 0) is 23.5 Å². The first-order valence-corrected chi connectivity index (χ1v) is 4.85. The fourth-order valence-electron chi connectivity index (χ4n) is 0.0971. The molecule has 0 aliphatic rings. The molecule has 0 aromatic carbocycles. The maximum absolute atomic E-state index is 11.2. The van der Waals surface area contributed by atoms with Crippen LogP contribution in [0.15, 0.2) is 0 Å². The zero-order valence-corrected chi connectivity index (χ0v) is 6.00. The van der Waals surface area contributed by atoms with E-state index in [1.54, 1.807) is 0 Å². The number of rotatable bonds is 2. The van der Waals surface area contributed by atoms with Crippen molar-refractivity contribution in [2.45, 2.75) is 0 Å². The summed E-state index contributed by atoms with van der Waals surface area (Å²) in [5.74, 6) is 0. The molecule has 0 unspecified atom stereocenters. The Bertz CT molecular complexity index is 240. The van der Waals surface area contributed by atoms with E-state index in [4.69, 9.17) is 0 Å². The first-order chi connectivity index (χ1) is 3.71. The van der Waals surface area contributed by atoms with E-state index in [1.165, 1.54) is 0 Å². The molecule has 9 heavy (non-hydrogen) atoms. The lowest BCUT2D eigenvalue weighted by atomic mass is 15.8. The summed E-state index contributed by atoms with van der Waals surface area (Å²) >= 11 is 0. The normalized spacial score (nSPS) is 13.6. The summed E-state index contributed by atoms with van der Waals surface area (Å²) < 4.78 is 51.6. The molecule has 0 fully saturated rings. The van der Waals surface area contributed by atoms with Crippen LogP contribution in [0.3, 0.4) is 0 Å². The molecule has 0 amide bonds. The Balaban J connectivity index is 4.46. The maximum Gasteiger partial charge on any atom is 0.453 e. The van der Waals surface area contributed by atoms with E-state index in [2.05, 4.69) is 14.3 Å². The predicted octanol–water partition coefficient (Wildman–Crippen LogP) is -0.299. The first kappa shape index (κ1) is 9.08. The molecule has 0 spiro atoms. The van der Waals surface area contributed by atoms with Crippen LogP contribution in [0, 0.1) is 0 Å². The van der Waals surface area contributed by atoms with E-state index >= 15 is 0 Å². The van der Waals surface area contributed by atoms with Gasteiger partial charge in [-0.15, -0.1) is 3.63 Å². The third kappa shape index (κ3) is 8.08. The fraction of sp³-hybridized carbons (Fsp3) is 0. The highest BCUT2D eigenvalue weighted by molar-refractivity contribution is 8.14. The molecule has 0 saturated heterocycles. The highest BCUT2D eigenvalue weighted by atomic mass is 35.7. The van der Waals surface area contributed by atoms with E-state index < -0.39 is 19.8 Å². The first-order valence-electron chi connectivity index (χ1n) is 1.31. The summed E-state index contributed by atoms with van der Waals surface area (Å²) in [5, 5.41) is 0. The van der Waals surface area contributed by atoms with Crippen LogP contribution in [0.2, 0.25) is 0 Å². The minimum Gasteiger partial charge on any atom is -0.180 e. The summed E-state index contributed by atoms with van der Waals surface area (Å²) in [4.78, 5) is 0. The second-order valence-corrected chi connectivity index (χ2v) is 4.10. The van der Waals surface area contributed by atoms with Crippen molar-refractivity contribution < 1.29 is 24.4 Å². The van der Waals surface area contributed by atoms with E-state index in [0.29, 0.717) is 0 Å². The van der Waals surface area contributed by atoms with Gasteiger partial charge < -0.3 is 0 Å². The molecule has 0 bridgehead atoms. The van der Waals surface area contributed by atoms with Crippen molar-refractivity contribution in [1.82, 2.24) is 0 Å². The van der Waals surface area contributed by atoms with Gasteiger partial charge in [-0.25, -0.2) is 0 Å². The Hall–Kier alpha value is 0.0800. The third-order valence-corrected chi connectivity index (χ3v) is 1.93. The highest BCUT2D eigenvalue weighted by Gasteiger charge is 2.18. The minimum atomic E-state index is -5.50. The molecular weight excluding hydrogens is 199 g/mol. The van der Waals surface area contributed by atoms with Crippen molar-refractivity contribution in [3.63, 3.8) is 0 Å². The molecule has 5 nitrogen and oxygen atoms in total. The van der Waals surface area contributed by atoms with Gasteiger partial charge in [0.2, 0.25) is 0 Å². The van der Waals surface area contributed by atoms with Gasteiger partial charge in [0.15, 0.2) is 0 Å². The third-order valence-electron chi connectivity index (χ3n) is 0.163. The summed E-state index contributed by atoms with van der Waals surface area (Å²) in [6.45, 7) is 0. The average molecular weight is 199 g/mol. The summed E-state index contributed by atoms with van der Waals surface area (Å²) in [6, 6.07) is 0. The Morgan fingerprint density at radius 2 is 1.56 bits per heavy atom. The summed E-state index contributed by atoms with van der Waals surface area (Å²) in [5.41, 5.74) is 0. The van der Waals surface area contributed by atoms with E-state index in [9.17, 15) is 20.7 Å². The van der Waals surface area contributed by atoms with Gasteiger partial charge in [0.1, 0.15) is 0 Å². The van der Waals surface area contributed by atoms with Crippen LogP contribution in [0.4, 0.5) is 3.89 Å². The summed E-state index contributed by atoms with van der Waals surface area (Å²) in [7, 11) is -6.13. The van der Waals surface area contributed by atoms with Crippen LogP contribution in [0.1, 0.15) is 0 Å². The lowest BCUT2D eigenvalue weighted by molar-refractivity contribution is 0.437. The van der Waals surface area contributed by atoms with Crippen LogP contribution in [-0.4, -0.2) is 16.8 Å². The molecule has 9 heteroatoms. The number of hydrogen-bond acceptors (Lipinski definition) is 5. The molecule has 0 aliphatic carbocycles. The van der Waals surface area contributed by atoms with Crippen LogP contribution in [0.5, 0.6) is 0 Å². The van der Waals surface area contributed by atoms with Crippen molar-refractivity contribution in [1.29, 1.82) is 0 Å². The van der Waals surface area contributed by atoms with Gasteiger partial charge in [0, 0.05) is 0 Å². The molecule has 0 N–H and O–H groups in total. The molecular formula is ClFO5S2. The van der Waals surface area contributed by atoms with Crippen LogP contribution >= 0.6 is 10.7 Å². The average Bonchev–Trinajstić information content (AvgIpc) is 1.14. The molecule has 0 aromatic heterocycles. The van der Waals surface area contributed by atoms with Crippen LogP contribution in [0.25, 0.3) is 0 Å². The molecule has 0 aliphatic heterocycles. The molecule has 0 aromatic rings. The van der Waals surface area contributed by atoms with Gasteiger partial charge in [-0.2, -0.15) is 16.8 Å².